The van der Waals surface area contributed by atoms with Gasteiger partial charge < -0.3 is 9.31 Å². The van der Waals surface area contributed by atoms with Crippen LogP contribution in [0.25, 0.3) is 0 Å². The second-order valence-corrected chi connectivity index (χ2v) is 4.11. The molecule has 0 spiro atoms. The van der Waals surface area contributed by atoms with Gasteiger partial charge in [-0.25, -0.2) is 0 Å². The van der Waals surface area contributed by atoms with Gasteiger partial charge in [0.15, 0.2) is 0 Å². The fraction of sp³-hybridized carbons (Fsp3) is 0.143. The zero-order valence-corrected chi connectivity index (χ0v) is 9.45. The number of hydrogen-bond donors (Lipinski definition) is 0. The van der Waals surface area contributed by atoms with Gasteiger partial charge in [0.05, 0.1) is 12.2 Å². The minimum atomic E-state index is -0.00130. The summed E-state index contributed by atoms with van der Waals surface area (Å²) in [7, 11) is 0.360. The lowest BCUT2D eigenvalue weighted by Crippen LogP contribution is -2.06. The predicted molar refractivity (Wildman–Crippen MR) is 67.7 cm³/mol. The summed E-state index contributed by atoms with van der Waals surface area (Å²) < 4.78 is 11.4. The van der Waals surface area contributed by atoms with Crippen LogP contribution in [-0.2, 0) is 9.31 Å². The highest BCUT2D eigenvalue weighted by molar-refractivity contribution is 6.19. The summed E-state index contributed by atoms with van der Waals surface area (Å²) in [5.41, 5.74) is 2.33. The van der Waals surface area contributed by atoms with Crippen molar-refractivity contribution in [1.29, 1.82) is 0 Å². The summed E-state index contributed by atoms with van der Waals surface area (Å²) >= 11 is 0. The van der Waals surface area contributed by atoms with Gasteiger partial charge in [0.2, 0.25) is 0 Å². The third-order valence-electron chi connectivity index (χ3n) is 3.03. The molecule has 2 atom stereocenters. The van der Waals surface area contributed by atoms with Crippen molar-refractivity contribution in [3.8, 4) is 0 Å². The second-order valence-electron chi connectivity index (χ2n) is 4.11. The fourth-order valence-corrected chi connectivity index (χ4v) is 2.19. The maximum atomic E-state index is 5.68. The summed E-state index contributed by atoms with van der Waals surface area (Å²) in [4.78, 5) is 0. The second kappa shape index (κ2) is 4.74. The van der Waals surface area contributed by atoms with Gasteiger partial charge in [0.25, 0.3) is 0 Å². The Bertz CT molecular complexity index is 427. The van der Waals surface area contributed by atoms with Crippen LogP contribution in [0.3, 0.4) is 0 Å². The third kappa shape index (κ3) is 2.12. The average Bonchev–Trinajstić information content (AvgIpc) is 2.90. The van der Waals surface area contributed by atoms with Crippen molar-refractivity contribution in [2.24, 2.45) is 0 Å². The largest absolute Gasteiger partial charge is 0.439 e. The van der Waals surface area contributed by atoms with Crippen molar-refractivity contribution < 1.29 is 9.31 Å². The summed E-state index contributed by atoms with van der Waals surface area (Å²) in [5.74, 6) is 0. The van der Waals surface area contributed by atoms with E-state index in [9.17, 15) is 0 Å². The number of hydrogen-bond acceptors (Lipinski definition) is 2. The number of rotatable bonds is 2. The van der Waals surface area contributed by atoms with E-state index >= 15 is 0 Å². The van der Waals surface area contributed by atoms with Crippen molar-refractivity contribution in [1.82, 2.24) is 0 Å². The molecule has 0 bridgehead atoms. The summed E-state index contributed by atoms with van der Waals surface area (Å²) in [6, 6.07) is 20.4. The minimum Gasteiger partial charge on any atom is -0.404 e. The first-order valence-corrected chi connectivity index (χ1v) is 5.78. The Kier molecular flexibility index (Phi) is 2.95. The van der Waals surface area contributed by atoms with E-state index in [-0.39, 0.29) is 12.2 Å². The Balaban J connectivity index is 1.91. The Morgan fingerprint density at radius 2 is 1.06 bits per heavy atom. The van der Waals surface area contributed by atoms with Crippen LogP contribution in [0.4, 0.5) is 0 Å². The van der Waals surface area contributed by atoms with E-state index in [4.69, 9.17) is 9.31 Å². The summed E-state index contributed by atoms with van der Waals surface area (Å²) in [6.07, 6.45) is -0.00259. The first kappa shape index (κ1) is 10.6. The van der Waals surface area contributed by atoms with Crippen molar-refractivity contribution >= 4 is 7.69 Å². The van der Waals surface area contributed by atoms with Crippen LogP contribution in [0, 0.1) is 0 Å². The molecule has 0 aromatic heterocycles. The van der Waals surface area contributed by atoms with Crippen LogP contribution in [0.5, 0.6) is 0 Å². The van der Waals surface area contributed by atoms with Crippen molar-refractivity contribution in [2.45, 2.75) is 12.2 Å². The predicted octanol–water partition coefficient (Wildman–Crippen LogP) is 2.78. The minimum absolute atomic E-state index is 0.00130. The van der Waals surface area contributed by atoms with Gasteiger partial charge in [-0.2, -0.15) is 0 Å². The molecular weight excluding hydrogens is 211 g/mol. The molecule has 3 heteroatoms. The Morgan fingerprint density at radius 1 is 0.647 bits per heavy atom. The van der Waals surface area contributed by atoms with Gasteiger partial charge in [-0.3, -0.25) is 0 Å². The lowest BCUT2D eigenvalue weighted by Gasteiger charge is -2.19. The molecule has 0 radical (unpaired) electrons. The maximum Gasteiger partial charge on any atom is 0.439 e. The lowest BCUT2D eigenvalue weighted by molar-refractivity contribution is 0.159. The van der Waals surface area contributed by atoms with Gasteiger partial charge in [-0.05, 0) is 11.1 Å². The number of benzene rings is 2. The fourth-order valence-electron chi connectivity index (χ4n) is 2.19. The average molecular weight is 224 g/mol. The lowest BCUT2D eigenvalue weighted by atomic mass is 9.99. The van der Waals surface area contributed by atoms with E-state index in [0.717, 1.165) is 0 Å². The molecular formula is C14H13BO2. The molecule has 1 fully saturated rings. The van der Waals surface area contributed by atoms with Crippen LogP contribution < -0.4 is 0 Å². The van der Waals surface area contributed by atoms with Crippen LogP contribution in [0.2, 0.25) is 0 Å². The Morgan fingerprint density at radius 3 is 1.47 bits per heavy atom. The standard InChI is InChI=1S/C14H13BO2/c1-3-7-11(8-4-1)13-14(17-15-16-13)12-9-5-2-6-10-12/h1-10,13-15H. The molecule has 1 aliphatic heterocycles. The van der Waals surface area contributed by atoms with Crippen LogP contribution >= 0.6 is 0 Å². The van der Waals surface area contributed by atoms with E-state index < -0.39 is 0 Å². The molecule has 0 saturated carbocycles. The van der Waals surface area contributed by atoms with E-state index in [1.54, 1.807) is 0 Å². The smallest absolute Gasteiger partial charge is 0.404 e. The first-order valence-electron chi connectivity index (χ1n) is 5.78. The summed E-state index contributed by atoms with van der Waals surface area (Å²) in [6.45, 7) is 0. The monoisotopic (exact) mass is 224 g/mol. The molecule has 0 amide bonds. The topological polar surface area (TPSA) is 18.5 Å². The molecule has 1 heterocycles. The first-order chi connectivity index (χ1) is 8.45. The zero-order valence-electron chi connectivity index (χ0n) is 9.45. The van der Waals surface area contributed by atoms with E-state index in [0.29, 0.717) is 7.69 Å². The third-order valence-corrected chi connectivity index (χ3v) is 3.03. The molecule has 17 heavy (non-hydrogen) atoms. The zero-order chi connectivity index (χ0) is 11.5. The van der Waals surface area contributed by atoms with Crippen LogP contribution in [0.1, 0.15) is 23.3 Å². The molecule has 2 aromatic carbocycles. The molecule has 1 aliphatic rings. The van der Waals surface area contributed by atoms with Gasteiger partial charge in [0.1, 0.15) is 0 Å². The highest BCUT2D eigenvalue weighted by Gasteiger charge is 2.32. The summed E-state index contributed by atoms with van der Waals surface area (Å²) in [5, 5.41) is 0. The molecule has 3 rings (SSSR count). The van der Waals surface area contributed by atoms with Gasteiger partial charge >= 0.3 is 7.69 Å². The molecule has 0 aliphatic carbocycles. The molecule has 2 aromatic rings. The van der Waals surface area contributed by atoms with Crippen molar-refractivity contribution in [3.05, 3.63) is 71.8 Å². The van der Waals surface area contributed by atoms with Crippen molar-refractivity contribution in [3.63, 3.8) is 0 Å². The van der Waals surface area contributed by atoms with Gasteiger partial charge in [-0.1, -0.05) is 60.7 Å². The quantitative estimate of drug-likeness (QED) is 0.730. The van der Waals surface area contributed by atoms with Gasteiger partial charge in [0, 0.05) is 0 Å². The van der Waals surface area contributed by atoms with Gasteiger partial charge in [-0.15, -0.1) is 0 Å². The molecule has 2 nitrogen and oxygen atoms in total. The van der Waals surface area contributed by atoms with Crippen molar-refractivity contribution in [2.75, 3.05) is 0 Å². The van der Waals surface area contributed by atoms with Crippen LogP contribution in [-0.4, -0.2) is 7.69 Å². The van der Waals surface area contributed by atoms with E-state index in [2.05, 4.69) is 24.3 Å². The normalized spacial score (nSPS) is 23.3. The molecule has 2 unspecified atom stereocenters. The Labute approximate surface area is 101 Å². The molecule has 84 valence electrons. The maximum absolute atomic E-state index is 5.68. The highest BCUT2D eigenvalue weighted by atomic mass is 16.6. The van der Waals surface area contributed by atoms with Crippen LogP contribution in [0.15, 0.2) is 60.7 Å². The Hall–Kier alpha value is -1.58. The SMILES string of the molecule is B1OC(c2ccccc2)C(c2ccccc2)O1. The molecule has 1 saturated heterocycles. The highest BCUT2D eigenvalue weighted by Crippen LogP contribution is 2.38. The molecule has 0 N–H and O–H groups in total. The van der Waals surface area contributed by atoms with E-state index in [1.165, 1.54) is 11.1 Å². The van der Waals surface area contributed by atoms with E-state index in [1.807, 2.05) is 36.4 Å².